The number of carboxylic acid groups (broad SMARTS) is 1. The lowest BCUT2D eigenvalue weighted by Gasteiger charge is -2.34. The number of likely N-dealkylation sites (tertiary alicyclic amines) is 1. The highest BCUT2D eigenvalue weighted by atomic mass is 16.5. The van der Waals surface area contributed by atoms with Crippen molar-refractivity contribution in [3.63, 3.8) is 0 Å². The number of ether oxygens (including phenoxy) is 1. The lowest BCUT2D eigenvalue weighted by atomic mass is 10.00. The Balaban J connectivity index is 2.31. The van der Waals surface area contributed by atoms with Crippen LogP contribution in [0.3, 0.4) is 0 Å². The van der Waals surface area contributed by atoms with Gasteiger partial charge in [0.2, 0.25) is 0 Å². The number of carbonyl (C=O) groups is 2. The van der Waals surface area contributed by atoms with E-state index in [0.717, 1.165) is 24.8 Å². The first-order valence-electron chi connectivity index (χ1n) is 6.99. The van der Waals surface area contributed by atoms with Crippen LogP contribution >= 0.6 is 0 Å². The van der Waals surface area contributed by atoms with Crippen LogP contribution in [0, 0.1) is 0 Å². The Hall–Kier alpha value is -1.56. The molecule has 114 valence electrons. The van der Waals surface area contributed by atoms with Gasteiger partial charge < -0.3 is 20.1 Å². The van der Waals surface area contributed by atoms with E-state index < -0.39 is 5.97 Å². The molecule has 1 aliphatic rings. The molecular formula is C14H24N2O4. The zero-order valence-corrected chi connectivity index (χ0v) is 12.1. The van der Waals surface area contributed by atoms with E-state index in [1.54, 1.807) is 4.90 Å². The SMILES string of the molecule is C=C(C)COCCNC(=O)N1CCCCC1CC(=O)O. The molecule has 1 aliphatic heterocycles. The van der Waals surface area contributed by atoms with Gasteiger partial charge in [0.1, 0.15) is 0 Å². The van der Waals surface area contributed by atoms with Crippen molar-refractivity contribution in [2.24, 2.45) is 0 Å². The van der Waals surface area contributed by atoms with Gasteiger partial charge in [-0.1, -0.05) is 12.2 Å². The van der Waals surface area contributed by atoms with E-state index in [1.807, 2.05) is 6.92 Å². The molecular weight excluding hydrogens is 260 g/mol. The number of rotatable bonds is 7. The van der Waals surface area contributed by atoms with Crippen molar-refractivity contribution in [2.45, 2.75) is 38.6 Å². The third-order valence-electron chi connectivity index (χ3n) is 3.17. The highest BCUT2D eigenvalue weighted by Crippen LogP contribution is 2.19. The molecule has 1 fully saturated rings. The molecule has 20 heavy (non-hydrogen) atoms. The Kier molecular flexibility index (Phi) is 7.08. The summed E-state index contributed by atoms with van der Waals surface area (Å²) in [6.45, 7) is 7.55. The van der Waals surface area contributed by atoms with Gasteiger partial charge in [0, 0.05) is 19.1 Å². The monoisotopic (exact) mass is 284 g/mol. The normalized spacial score (nSPS) is 18.6. The number of urea groups is 1. The summed E-state index contributed by atoms with van der Waals surface area (Å²) in [4.78, 5) is 24.5. The van der Waals surface area contributed by atoms with Crippen molar-refractivity contribution in [1.82, 2.24) is 10.2 Å². The Labute approximate surface area is 119 Å². The molecule has 0 aliphatic carbocycles. The number of amides is 2. The van der Waals surface area contributed by atoms with Crippen LogP contribution in [0.4, 0.5) is 4.79 Å². The van der Waals surface area contributed by atoms with Crippen LogP contribution in [-0.4, -0.2) is 54.4 Å². The van der Waals surface area contributed by atoms with Gasteiger partial charge in [0.15, 0.2) is 0 Å². The van der Waals surface area contributed by atoms with Crippen LogP contribution in [0.5, 0.6) is 0 Å². The fourth-order valence-electron chi connectivity index (χ4n) is 2.26. The van der Waals surface area contributed by atoms with Crippen molar-refractivity contribution < 1.29 is 19.4 Å². The molecule has 2 N–H and O–H groups in total. The summed E-state index contributed by atoms with van der Waals surface area (Å²) in [7, 11) is 0. The molecule has 0 aromatic carbocycles. The Morgan fingerprint density at radius 2 is 2.20 bits per heavy atom. The molecule has 6 heteroatoms. The van der Waals surface area contributed by atoms with Crippen LogP contribution in [-0.2, 0) is 9.53 Å². The molecule has 1 rings (SSSR count). The average molecular weight is 284 g/mol. The summed E-state index contributed by atoms with van der Waals surface area (Å²) < 4.78 is 5.30. The van der Waals surface area contributed by atoms with Gasteiger partial charge in [0.05, 0.1) is 19.6 Å². The summed E-state index contributed by atoms with van der Waals surface area (Å²) in [5.74, 6) is -0.862. The fraction of sp³-hybridized carbons (Fsp3) is 0.714. The molecule has 6 nitrogen and oxygen atoms in total. The van der Waals surface area contributed by atoms with E-state index in [1.165, 1.54) is 0 Å². The molecule has 1 heterocycles. The van der Waals surface area contributed by atoms with Crippen LogP contribution in [0.15, 0.2) is 12.2 Å². The molecule has 1 unspecified atom stereocenters. The Morgan fingerprint density at radius 1 is 1.45 bits per heavy atom. The van der Waals surface area contributed by atoms with E-state index >= 15 is 0 Å². The zero-order chi connectivity index (χ0) is 15.0. The van der Waals surface area contributed by atoms with Crippen LogP contribution in [0.2, 0.25) is 0 Å². The van der Waals surface area contributed by atoms with E-state index in [2.05, 4.69) is 11.9 Å². The number of piperidine rings is 1. The summed E-state index contributed by atoms with van der Waals surface area (Å²) in [6, 6.07) is -0.396. The highest BCUT2D eigenvalue weighted by Gasteiger charge is 2.28. The van der Waals surface area contributed by atoms with E-state index in [4.69, 9.17) is 9.84 Å². The number of nitrogens with one attached hydrogen (secondary N) is 1. The number of aliphatic carboxylic acids is 1. The minimum absolute atomic E-state index is 0.0135. The van der Waals surface area contributed by atoms with Crippen molar-refractivity contribution >= 4 is 12.0 Å². The van der Waals surface area contributed by atoms with E-state index in [-0.39, 0.29) is 18.5 Å². The van der Waals surface area contributed by atoms with E-state index in [0.29, 0.717) is 26.3 Å². The van der Waals surface area contributed by atoms with Crippen molar-refractivity contribution in [2.75, 3.05) is 26.3 Å². The van der Waals surface area contributed by atoms with Gasteiger partial charge in [-0.05, 0) is 26.2 Å². The van der Waals surface area contributed by atoms with Crippen LogP contribution in [0.1, 0.15) is 32.6 Å². The third-order valence-corrected chi connectivity index (χ3v) is 3.17. The second kappa shape index (κ2) is 8.58. The van der Waals surface area contributed by atoms with Gasteiger partial charge >= 0.3 is 12.0 Å². The first-order chi connectivity index (χ1) is 9.50. The molecule has 0 aromatic rings. The topological polar surface area (TPSA) is 78.9 Å². The summed E-state index contributed by atoms with van der Waals surface area (Å²) in [5.41, 5.74) is 0.939. The van der Waals surface area contributed by atoms with Crippen LogP contribution in [0.25, 0.3) is 0 Å². The first-order valence-corrected chi connectivity index (χ1v) is 6.99. The summed E-state index contributed by atoms with van der Waals surface area (Å²) in [5, 5.41) is 11.6. The average Bonchev–Trinajstić information content (AvgIpc) is 2.37. The summed E-state index contributed by atoms with van der Waals surface area (Å²) in [6.07, 6.45) is 2.67. The van der Waals surface area contributed by atoms with Gasteiger partial charge in [-0.2, -0.15) is 0 Å². The number of hydrogen-bond acceptors (Lipinski definition) is 3. The number of nitrogens with zero attached hydrogens (tertiary/aromatic N) is 1. The molecule has 1 atom stereocenters. The predicted octanol–water partition coefficient (Wildman–Crippen LogP) is 1.62. The Morgan fingerprint density at radius 3 is 2.85 bits per heavy atom. The molecule has 1 saturated heterocycles. The van der Waals surface area contributed by atoms with Gasteiger partial charge in [-0.25, -0.2) is 4.79 Å². The van der Waals surface area contributed by atoms with Crippen LogP contribution < -0.4 is 5.32 Å². The molecule has 0 saturated carbocycles. The third kappa shape index (κ3) is 6.06. The Bertz CT molecular complexity index is 357. The van der Waals surface area contributed by atoms with Gasteiger partial charge in [0.25, 0.3) is 0 Å². The van der Waals surface area contributed by atoms with Gasteiger partial charge in [-0.15, -0.1) is 0 Å². The smallest absolute Gasteiger partial charge is 0.317 e. The summed E-state index contributed by atoms with van der Waals surface area (Å²) >= 11 is 0. The van der Waals surface area contributed by atoms with Crippen molar-refractivity contribution in [1.29, 1.82) is 0 Å². The van der Waals surface area contributed by atoms with Crippen molar-refractivity contribution in [3.8, 4) is 0 Å². The van der Waals surface area contributed by atoms with Crippen molar-refractivity contribution in [3.05, 3.63) is 12.2 Å². The van der Waals surface area contributed by atoms with Gasteiger partial charge in [-0.3, -0.25) is 4.79 Å². The predicted molar refractivity (Wildman–Crippen MR) is 75.6 cm³/mol. The second-order valence-electron chi connectivity index (χ2n) is 5.18. The molecule has 0 bridgehead atoms. The maximum Gasteiger partial charge on any atom is 0.317 e. The minimum atomic E-state index is -0.862. The zero-order valence-electron chi connectivity index (χ0n) is 12.1. The van der Waals surface area contributed by atoms with E-state index in [9.17, 15) is 9.59 Å². The molecule has 0 radical (unpaired) electrons. The fourth-order valence-corrected chi connectivity index (χ4v) is 2.26. The molecule has 0 aromatic heterocycles. The largest absolute Gasteiger partial charge is 0.481 e. The molecule has 2 amide bonds. The standard InChI is InChI=1S/C14H24N2O4/c1-11(2)10-20-8-6-15-14(19)16-7-4-3-5-12(16)9-13(17)18/h12H,1,3-10H2,2H3,(H,15,19)(H,17,18). The number of carbonyl (C=O) groups excluding carboxylic acids is 1. The number of carboxylic acids is 1. The maximum absolute atomic E-state index is 12.0. The number of hydrogen-bond donors (Lipinski definition) is 2. The minimum Gasteiger partial charge on any atom is -0.481 e. The lowest BCUT2D eigenvalue weighted by molar-refractivity contribution is -0.138. The maximum atomic E-state index is 12.0. The molecule has 0 spiro atoms. The second-order valence-corrected chi connectivity index (χ2v) is 5.18. The first kappa shape index (κ1) is 16.5. The quantitative estimate of drug-likeness (QED) is 0.550. The highest BCUT2D eigenvalue weighted by molar-refractivity contribution is 5.76. The lowest BCUT2D eigenvalue weighted by Crippen LogP contribution is -2.49.